The maximum Gasteiger partial charge on any atom is 0.268 e. The molecule has 0 bridgehead atoms. The van der Waals surface area contributed by atoms with Gasteiger partial charge >= 0.3 is 0 Å². The molecule has 0 aliphatic carbocycles. The molecule has 1 fully saturated rings. The summed E-state index contributed by atoms with van der Waals surface area (Å²) < 4.78 is 2.04. The molecule has 3 rings (SSSR count). The quantitative estimate of drug-likeness (QED) is 0.778. The van der Waals surface area contributed by atoms with Gasteiger partial charge in [0.15, 0.2) is 0 Å². The number of hydrogen-bond acceptors (Lipinski definition) is 3. The Hall–Kier alpha value is -1.82. The van der Waals surface area contributed by atoms with Crippen molar-refractivity contribution in [3.05, 3.63) is 58.9 Å². The lowest BCUT2D eigenvalue weighted by Gasteiger charge is -2.26. The predicted molar refractivity (Wildman–Crippen MR) is 94.3 cm³/mol. The monoisotopic (exact) mass is 347 g/mol. The second kappa shape index (κ2) is 7.83. The average Bonchev–Trinajstić information content (AvgIpc) is 3.10. The van der Waals surface area contributed by atoms with E-state index >= 15 is 0 Å². The molecule has 0 saturated carbocycles. The number of rotatable bonds is 5. The fourth-order valence-electron chi connectivity index (χ4n) is 3.12. The third-order valence-electron chi connectivity index (χ3n) is 4.43. The lowest BCUT2D eigenvalue weighted by molar-refractivity contribution is 0.0903. The topological polar surface area (TPSA) is 66.3 Å². The molecular formula is C18H22ClN3O2. The van der Waals surface area contributed by atoms with Gasteiger partial charge in [0.05, 0.1) is 6.10 Å². The molecule has 5 nitrogen and oxygen atoms in total. The van der Waals surface area contributed by atoms with Gasteiger partial charge in [0.2, 0.25) is 0 Å². The number of hydrogen-bond donors (Lipinski definition) is 3. The molecule has 2 aromatic rings. The van der Waals surface area contributed by atoms with Crippen LogP contribution in [0.2, 0.25) is 5.02 Å². The Morgan fingerprint density at radius 1 is 1.29 bits per heavy atom. The van der Waals surface area contributed by atoms with Gasteiger partial charge in [0, 0.05) is 29.4 Å². The van der Waals surface area contributed by atoms with Crippen LogP contribution < -0.4 is 10.6 Å². The highest BCUT2D eigenvalue weighted by molar-refractivity contribution is 6.31. The van der Waals surface area contributed by atoms with Gasteiger partial charge in [0.25, 0.3) is 5.91 Å². The van der Waals surface area contributed by atoms with Crippen molar-refractivity contribution in [2.24, 2.45) is 0 Å². The van der Waals surface area contributed by atoms with Crippen molar-refractivity contribution >= 4 is 17.5 Å². The molecule has 128 valence electrons. The number of nitrogens with one attached hydrogen (secondary N) is 2. The van der Waals surface area contributed by atoms with Crippen LogP contribution in [0.1, 0.15) is 41.0 Å². The molecule has 1 aliphatic rings. The molecule has 1 aromatic carbocycles. The van der Waals surface area contributed by atoms with Crippen molar-refractivity contribution in [3.63, 3.8) is 0 Å². The maximum atomic E-state index is 12.5. The van der Waals surface area contributed by atoms with E-state index < -0.39 is 6.10 Å². The van der Waals surface area contributed by atoms with E-state index in [1.807, 2.05) is 35.0 Å². The van der Waals surface area contributed by atoms with Gasteiger partial charge < -0.3 is 20.3 Å². The Labute approximate surface area is 146 Å². The number of amides is 1. The van der Waals surface area contributed by atoms with E-state index in [0.717, 1.165) is 25.9 Å². The highest BCUT2D eigenvalue weighted by Crippen LogP contribution is 2.23. The van der Waals surface area contributed by atoms with Crippen LogP contribution in [0.5, 0.6) is 0 Å². The van der Waals surface area contributed by atoms with E-state index in [2.05, 4.69) is 10.6 Å². The smallest absolute Gasteiger partial charge is 0.268 e. The number of aliphatic hydroxyl groups is 1. The summed E-state index contributed by atoms with van der Waals surface area (Å²) >= 11 is 6.08. The van der Waals surface area contributed by atoms with Crippen LogP contribution in [-0.2, 0) is 0 Å². The van der Waals surface area contributed by atoms with E-state index in [1.165, 1.54) is 0 Å². The number of halogens is 1. The average molecular weight is 348 g/mol. The van der Waals surface area contributed by atoms with Crippen molar-refractivity contribution in [3.8, 4) is 0 Å². The van der Waals surface area contributed by atoms with E-state index in [9.17, 15) is 9.90 Å². The van der Waals surface area contributed by atoms with Gasteiger partial charge in [-0.05, 0) is 44.1 Å². The summed E-state index contributed by atoms with van der Waals surface area (Å²) in [7, 11) is 0. The molecule has 1 atom stereocenters. The molecule has 1 amide bonds. The van der Waals surface area contributed by atoms with E-state index in [4.69, 9.17) is 11.6 Å². The molecule has 0 spiro atoms. The summed E-state index contributed by atoms with van der Waals surface area (Å²) in [5, 5.41) is 16.9. The van der Waals surface area contributed by atoms with Crippen molar-refractivity contribution in [1.82, 2.24) is 15.2 Å². The predicted octanol–water partition coefficient (Wildman–Crippen LogP) is 2.53. The van der Waals surface area contributed by atoms with Crippen molar-refractivity contribution < 1.29 is 9.90 Å². The molecule has 0 radical (unpaired) electrons. The Kier molecular flexibility index (Phi) is 5.56. The minimum absolute atomic E-state index is 0.125. The van der Waals surface area contributed by atoms with Crippen molar-refractivity contribution in [2.75, 3.05) is 19.6 Å². The zero-order valence-electron chi connectivity index (χ0n) is 13.4. The molecule has 24 heavy (non-hydrogen) atoms. The van der Waals surface area contributed by atoms with Crippen molar-refractivity contribution in [1.29, 1.82) is 0 Å². The molecule has 1 unspecified atom stereocenters. The number of carbonyl (C=O) groups excluding carboxylic acids is 1. The number of benzene rings is 1. The van der Waals surface area contributed by atoms with Gasteiger partial charge in [-0.15, -0.1) is 0 Å². The Morgan fingerprint density at radius 2 is 2.04 bits per heavy atom. The zero-order chi connectivity index (χ0) is 16.9. The minimum Gasteiger partial charge on any atom is -0.387 e. The molecular weight excluding hydrogens is 326 g/mol. The SMILES string of the molecule is O=C(NCC(O)c1ccccc1Cl)c1cccn1C1CCNCC1. The summed E-state index contributed by atoms with van der Waals surface area (Å²) in [5.41, 5.74) is 1.25. The first-order valence-corrected chi connectivity index (χ1v) is 8.63. The Bertz CT molecular complexity index is 695. The maximum absolute atomic E-state index is 12.5. The molecule has 2 heterocycles. The minimum atomic E-state index is -0.829. The lowest BCUT2D eigenvalue weighted by Crippen LogP contribution is -2.33. The summed E-state index contributed by atoms with van der Waals surface area (Å²) in [6.45, 7) is 2.06. The molecule has 6 heteroatoms. The standard InChI is InChI=1S/C18H22ClN3O2/c19-15-5-2-1-4-14(15)17(23)12-21-18(24)16-6-3-11-22(16)13-7-9-20-10-8-13/h1-6,11,13,17,20,23H,7-10,12H2,(H,21,24). The Balaban J connectivity index is 1.63. The zero-order valence-corrected chi connectivity index (χ0v) is 14.2. The van der Waals surface area contributed by atoms with Crippen LogP contribution in [0.15, 0.2) is 42.6 Å². The number of piperidine rings is 1. The second-order valence-electron chi connectivity index (χ2n) is 6.03. The third-order valence-corrected chi connectivity index (χ3v) is 4.78. The first-order chi connectivity index (χ1) is 11.7. The summed E-state index contributed by atoms with van der Waals surface area (Å²) in [4.78, 5) is 12.5. The third kappa shape index (κ3) is 3.80. The number of aliphatic hydroxyl groups excluding tert-OH is 1. The normalized spacial score (nSPS) is 16.8. The van der Waals surface area contributed by atoms with Gasteiger partial charge in [-0.2, -0.15) is 0 Å². The van der Waals surface area contributed by atoms with Gasteiger partial charge in [-0.25, -0.2) is 0 Å². The van der Waals surface area contributed by atoms with Crippen LogP contribution in [0, 0.1) is 0 Å². The number of aromatic nitrogens is 1. The molecule has 1 aromatic heterocycles. The Morgan fingerprint density at radius 3 is 2.79 bits per heavy atom. The van der Waals surface area contributed by atoms with Crippen LogP contribution in [-0.4, -0.2) is 35.2 Å². The van der Waals surface area contributed by atoms with Crippen LogP contribution in [0.4, 0.5) is 0 Å². The van der Waals surface area contributed by atoms with Gasteiger partial charge in [-0.1, -0.05) is 29.8 Å². The number of nitrogens with zero attached hydrogens (tertiary/aromatic N) is 1. The first kappa shape index (κ1) is 17.0. The van der Waals surface area contributed by atoms with Gasteiger partial charge in [0.1, 0.15) is 5.69 Å². The number of carbonyl (C=O) groups is 1. The van der Waals surface area contributed by atoms with Crippen LogP contribution >= 0.6 is 11.6 Å². The van der Waals surface area contributed by atoms with E-state index in [0.29, 0.717) is 22.3 Å². The van der Waals surface area contributed by atoms with Crippen molar-refractivity contribution in [2.45, 2.75) is 25.0 Å². The highest BCUT2D eigenvalue weighted by Gasteiger charge is 2.20. The molecule has 1 aliphatic heterocycles. The molecule has 3 N–H and O–H groups in total. The lowest BCUT2D eigenvalue weighted by atomic mass is 10.1. The summed E-state index contributed by atoms with van der Waals surface area (Å²) in [6.07, 6.45) is 3.15. The fraction of sp³-hybridized carbons (Fsp3) is 0.389. The van der Waals surface area contributed by atoms with Gasteiger partial charge in [-0.3, -0.25) is 4.79 Å². The van der Waals surface area contributed by atoms with Crippen LogP contribution in [0.25, 0.3) is 0 Å². The largest absolute Gasteiger partial charge is 0.387 e. The summed E-state index contributed by atoms with van der Waals surface area (Å²) in [5.74, 6) is -0.176. The van der Waals surface area contributed by atoms with E-state index in [1.54, 1.807) is 12.1 Å². The summed E-state index contributed by atoms with van der Waals surface area (Å²) in [6, 6.07) is 11.2. The fourth-order valence-corrected chi connectivity index (χ4v) is 3.39. The van der Waals surface area contributed by atoms with Crippen LogP contribution in [0.3, 0.4) is 0 Å². The van der Waals surface area contributed by atoms with E-state index in [-0.39, 0.29) is 12.5 Å². The highest BCUT2D eigenvalue weighted by atomic mass is 35.5. The second-order valence-corrected chi connectivity index (χ2v) is 6.44. The first-order valence-electron chi connectivity index (χ1n) is 8.25. The molecule has 1 saturated heterocycles.